The molecule has 2 N–H and O–H groups in total. The number of aliphatic hydroxyl groups excluding tert-OH is 1. The molecule has 1 amide bonds. The standard InChI is InChI=1S/C22H23FN4O2/c1-3-4-20(28)19-5-12(2)16(11-25-19)13-6-14-10-26-21(8-18(14)24-9-13)27-22(29)15-7-17(15)23/h5-6,8-11,15,17,20,28H,3-4,7H2,1-2H3,(H,26,27,29)/t15-,17+,20+/m0/s1. The van der Waals surface area contributed by atoms with Crippen LogP contribution in [0.2, 0.25) is 0 Å². The molecule has 3 aromatic heterocycles. The van der Waals surface area contributed by atoms with Crippen LogP contribution in [0.4, 0.5) is 10.2 Å². The number of carbonyl (C=O) groups excluding carboxylic acids is 1. The highest BCUT2D eigenvalue weighted by molar-refractivity contribution is 5.95. The Kier molecular flexibility index (Phi) is 5.24. The van der Waals surface area contributed by atoms with E-state index in [4.69, 9.17) is 0 Å². The first kappa shape index (κ1) is 19.4. The van der Waals surface area contributed by atoms with Gasteiger partial charge in [-0.05, 0) is 37.5 Å². The maximum absolute atomic E-state index is 13.0. The number of pyridine rings is 3. The monoisotopic (exact) mass is 394 g/mol. The predicted molar refractivity (Wildman–Crippen MR) is 109 cm³/mol. The molecule has 29 heavy (non-hydrogen) atoms. The normalized spacial score (nSPS) is 19.2. The third kappa shape index (κ3) is 4.10. The Hall–Kier alpha value is -2.93. The number of hydrogen-bond donors (Lipinski definition) is 2. The maximum atomic E-state index is 13.0. The Morgan fingerprint density at radius 1 is 1.24 bits per heavy atom. The van der Waals surface area contributed by atoms with E-state index in [1.165, 1.54) is 0 Å². The van der Waals surface area contributed by atoms with Gasteiger partial charge in [0.1, 0.15) is 12.0 Å². The van der Waals surface area contributed by atoms with Crippen molar-refractivity contribution in [2.75, 3.05) is 5.32 Å². The molecule has 0 unspecified atom stereocenters. The van der Waals surface area contributed by atoms with Gasteiger partial charge in [0, 0.05) is 41.2 Å². The molecule has 3 heterocycles. The summed E-state index contributed by atoms with van der Waals surface area (Å²) in [5, 5.41) is 13.6. The van der Waals surface area contributed by atoms with Crippen molar-refractivity contribution in [2.24, 2.45) is 5.92 Å². The van der Waals surface area contributed by atoms with Crippen LogP contribution in [0.25, 0.3) is 22.0 Å². The predicted octanol–water partition coefficient (Wildman–Crippen LogP) is 4.13. The molecule has 7 heteroatoms. The van der Waals surface area contributed by atoms with Gasteiger partial charge in [-0.2, -0.15) is 0 Å². The molecule has 150 valence electrons. The van der Waals surface area contributed by atoms with Crippen LogP contribution in [0, 0.1) is 12.8 Å². The Bertz CT molecular complexity index is 1070. The van der Waals surface area contributed by atoms with E-state index in [1.54, 1.807) is 24.7 Å². The van der Waals surface area contributed by atoms with Gasteiger partial charge in [0.05, 0.1) is 23.2 Å². The third-order valence-corrected chi connectivity index (χ3v) is 5.21. The molecule has 3 atom stereocenters. The van der Waals surface area contributed by atoms with Crippen molar-refractivity contribution < 1.29 is 14.3 Å². The lowest BCUT2D eigenvalue weighted by atomic mass is 10.0. The molecule has 0 spiro atoms. The highest BCUT2D eigenvalue weighted by Gasteiger charge is 2.43. The molecule has 4 rings (SSSR count). The van der Waals surface area contributed by atoms with E-state index in [2.05, 4.69) is 20.3 Å². The van der Waals surface area contributed by atoms with Crippen molar-refractivity contribution in [3.63, 3.8) is 0 Å². The van der Waals surface area contributed by atoms with E-state index in [9.17, 15) is 14.3 Å². The number of aliphatic hydroxyl groups is 1. The summed E-state index contributed by atoms with van der Waals surface area (Å²) >= 11 is 0. The van der Waals surface area contributed by atoms with E-state index in [0.29, 0.717) is 23.4 Å². The van der Waals surface area contributed by atoms with E-state index >= 15 is 0 Å². The minimum absolute atomic E-state index is 0.280. The number of hydrogen-bond acceptors (Lipinski definition) is 5. The maximum Gasteiger partial charge on any atom is 0.231 e. The fraction of sp³-hybridized carbons (Fsp3) is 0.364. The van der Waals surface area contributed by atoms with Gasteiger partial charge in [-0.25, -0.2) is 9.37 Å². The van der Waals surface area contributed by atoms with Gasteiger partial charge in [-0.15, -0.1) is 0 Å². The third-order valence-electron chi connectivity index (χ3n) is 5.21. The number of nitrogens with zero attached hydrogens (tertiary/aromatic N) is 3. The Morgan fingerprint density at radius 3 is 2.72 bits per heavy atom. The molecule has 1 aliphatic carbocycles. The van der Waals surface area contributed by atoms with Gasteiger partial charge in [0.25, 0.3) is 0 Å². The van der Waals surface area contributed by atoms with Crippen LogP contribution in [0.3, 0.4) is 0 Å². The summed E-state index contributed by atoms with van der Waals surface area (Å²) < 4.78 is 13.0. The van der Waals surface area contributed by atoms with Gasteiger partial charge in [-0.1, -0.05) is 13.3 Å². The molecule has 1 aliphatic rings. The molecule has 0 radical (unpaired) electrons. The number of anilines is 1. The second kappa shape index (κ2) is 7.83. The van der Waals surface area contributed by atoms with Crippen LogP contribution in [-0.2, 0) is 4.79 Å². The minimum Gasteiger partial charge on any atom is -0.387 e. The summed E-state index contributed by atoms with van der Waals surface area (Å²) in [6.07, 6.45) is 5.41. The highest BCUT2D eigenvalue weighted by Crippen LogP contribution is 2.34. The number of amides is 1. The van der Waals surface area contributed by atoms with Crippen LogP contribution >= 0.6 is 0 Å². The Morgan fingerprint density at radius 2 is 2.03 bits per heavy atom. The van der Waals surface area contributed by atoms with E-state index in [1.807, 2.05) is 26.0 Å². The van der Waals surface area contributed by atoms with Crippen molar-refractivity contribution >= 4 is 22.6 Å². The minimum atomic E-state index is -1.04. The van der Waals surface area contributed by atoms with Gasteiger partial charge >= 0.3 is 0 Å². The molecule has 1 saturated carbocycles. The van der Waals surface area contributed by atoms with Crippen LogP contribution in [0.1, 0.15) is 43.5 Å². The Labute approximate surface area is 168 Å². The number of aryl methyl sites for hydroxylation is 1. The summed E-state index contributed by atoms with van der Waals surface area (Å²) in [5.41, 5.74) is 4.21. The average molecular weight is 394 g/mol. The number of nitrogens with one attached hydrogen (secondary N) is 1. The number of fused-ring (bicyclic) bond motifs is 1. The zero-order valence-electron chi connectivity index (χ0n) is 16.4. The molecule has 0 bridgehead atoms. The van der Waals surface area contributed by atoms with Crippen LogP contribution in [0.15, 0.2) is 36.8 Å². The van der Waals surface area contributed by atoms with Crippen molar-refractivity contribution in [3.05, 3.63) is 48.0 Å². The number of alkyl halides is 1. The number of carbonyl (C=O) groups is 1. The molecule has 0 saturated heterocycles. The fourth-order valence-corrected chi connectivity index (χ4v) is 3.38. The lowest BCUT2D eigenvalue weighted by Gasteiger charge is -2.12. The summed E-state index contributed by atoms with van der Waals surface area (Å²) in [5.74, 6) is -0.529. The molecule has 1 fully saturated rings. The van der Waals surface area contributed by atoms with Gasteiger partial charge < -0.3 is 10.4 Å². The lowest BCUT2D eigenvalue weighted by Crippen LogP contribution is -2.15. The summed E-state index contributed by atoms with van der Waals surface area (Å²) in [6, 6.07) is 5.56. The van der Waals surface area contributed by atoms with E-state index in [-0.39, 0.29) is 12.3 Å². The average Bonchev–Trinajstić information content (AvgIpc) is 3.44. The number of aromatic nitrogens is 3. The van der Waals surface area contributed by atoms with Crippen LogP contribution < -0.4 is 5.32 Å². The van der Waals surface area contributed by atoms with Crippen LogP contribution in [-0.4, -0.2) is 32.1 Å². The zero-order chi connectivity index (χ0) is 20.5. The first-order valence-corrected chi connectivity index (χ1v) is 9.82. The fourth-order valence-electron chi connectivity index (χ4n) is 3.38. The highest BCUT2D eigenvalue weighted by atomic mass is 19.1. The van der Waals surface area contributed by atoms with Gasteiger partial charge in [-0.3, -0.25) is 14.8 Å². The Balaban J connectivity index is 1.57. The zero-order valence-corrected chi connectivity index (χ0v) is 16.4. The molecule has 6 nitrogen and oxygen atoms in total. The van der Waals surface area contributed by atoms with Crippen LogP contribution in [0.5, 0.6) is 0 Å². The molecular weight excluding hydrogens is 371 g/mol. The number of rotatable bonds is 6. The van der Waals surface area contributed by atoms with Crippen molar-refractivity contribution in [1.29, 1.82) is 0 Å². The van der Waals surface area contributed by atoms with E-state index < -0.39 is 18.2 Å². The van der Waals surface area contributed by atoms with Crippen molar-refractivity contribution in [3.8, 4) is 11.1 Å². The van der Waals surface area contributed by atoms with Gasteiger partial charge in [0.15, 0.2) is 0 Å². The smallest absolute Gasteiger partial charge is 0.231 e. The molecule has 0 aliphatic heterocycles. The molecule has 0 aromatic carbocycles. The second-order valence-electron chi connectivity index (χ2n) is 7.56. The van der Waals surface area contributed by atoms with E-state index in [0.717, 1.165) is 28.5 Å². The molecule has 3 aromatic rings. The summed E-state index contributed by atoms with van der Waals surface area (Å²) in [6.45, 7) is 4.01. The molecular formula is C22H23FN4O2. The first-order chi connectivity index (χ1) is 14.0. The largest absolute Gasteiger partial charge is 0.387 e. The SMILES string of the molecule is CCC[C@@H](O)c1cc(C)c(-c2cnc3cc(NC(=O)[C@H]4C[C@H]4F)ncc3c2)cn1. The summed E-state index contributed by atoms with van der Waals surface area (Å²) in [4.78, 5) is 25.0. The van der Waals surface area contributed by atoms with Gasteiger partial charge in [0.2, 0.25) is 5.91 Å². The number of halogens is 1. The first-order valence-electron chi connectivity index (χ1n) is 9.82. The quantitative estimate of drug-likeness (QED) is 0.656. The van der Waals surface area contributed by atoms with Crippen molar-refractivity contribution in [2.45, 2.75) is 45.4 Å². The van der Waals surface area contributed by atoms with Crippen molar-refractivity contribution in [1.82, 2.24) is 15.0 Å². The summed E-state index contributed by atoms with van der Waals surface area (Å²) in [7, 11) is 0. The second-order valence-corrected chi connectivity index (χ2v) is 7.56. The lowest BCUT2D eigenvalue weighted by molar-refractivity contribution is -0.117. The topological polar surface area (TPSA) is 88.0 Å².